The van der Waals surface area contributed by atoms with Crippen molar-refractivity contribution in [3.8, 4) is 0 Å². The van der Waals surface area contributed by atoms with Crippen LogP contribution in [-0.4, -0.2) is 67.2 Å². The number of amides is 2. The third-order valence-corrected chi connectivity index (χ3v) is 5.94. The maximum Gasteiger partial charge on any atom is 0.409 e. The minimum absolute atomic E-state index is 0.0292. The van der Waals surface area contributed by atoms with Gasteiger partial charge in [0.15, 0.2) is 0 Å². The normalized spacial score (nSPS) is 24.9. The van der Waals surface area contributed by atoms with Gasteiger partial charge in [-0.05, 0) is 37.8 Å². The molecule has 140 valence electrons. The van der Waals surface area contributed by atoms with Gasteiger partial charge in [0.2, 0.25) is 5.91 Å². The van der Waals surface area contributed by atoms with Gasteiger partial charge in [0.05, 0.1) is 12.5 Å². The molecule has 6 nitrogen and oxygen atoms in total. The molecule has 0 bridgehead atoms. The van der Waals surface area contributed by atoms with Gasteiger partial charge in [0.1, 0.15) is 0 Å². The van der Waals surface area contributed by atoms with E-state index < -0.39 is 0 Å². The molecule has 2 saturated heterocycles. The van der Waals surface area contributed by atoms with Crippen LogP contribution in [0.4, 0.5) is 10.5 Å². The topological polar surface area (TPSA) is 53.1 Å². The predicted molar refractivity (Wildman–Crippen MR) is 99.2 cm³/mol. The second-order valence-electron chi connectivity index (χ2n) is 7.35. The second kappa shape index (κ2) is 7.17. The summed E-state index contributed by atoms with van der Waals surface area (Å²) in [6.07, 6.45) is 2.80. The molecule has 3 aliphatic rings. The molecule has 1 aromatic carbocycles. The zero-order chi connectivity index (χ0) is 18.1. The smallest absolute Gasteiger partial charge is 0.409 e. The summed E-state index contributed by atoms with van der Waals surface area (Å²) in [4.78, 5) is 31.2. The van der Waals surface area contributed by atoms with Crippen molar-refractivity contribution in [1.29, 1.82) is 0 Å². The molecule has 26 heavy (non-hydrogen) atoms. The molecule has 4 rings (SSSR count). The van der Waals surface area contributed by atoms with E-state index in [1.165, 1.54) is 11.3 Å². The number of fused-ring (bicyclic) bond motifs is 3. The number of anilines is 1. The minimum atomic E-state index is -0.270. The molecule has 1 aromatic rings. The fourth-order valence-corrected chi connectivity index (χ4v) is 4.66. The molecule has 0 aliphatic carbocycles. The van der Waals surface area contributed by atoms with Crippen molar-refractivity contribution in [2.24, 2.45) is 5.92 Å². The molecule has 3 heterocycles. The van der Waals surface area contributed by atoms with Gasteiger partial charge in [-0.25, -0.2) is 4.79 Å². The maximum atomic E-state index is 13.3. The number of ether oxygens (including phenoxy) is 1. The molecule has 2 fully saturated rings. The van der Waals surface area contributed by atoms with Gasteiger partial charge < -0.3 is 19.4 Å². The monoisotopic (exact) mass is 357 g/mol. The molecular formula is C20H27N3O3. The van der Waals surface area contributed by atoms with Crippen LogP contribution in [0.2, 0.25) is 0 Å². The highest BCUT2D eigenvalue weighted by Crippen LogP contribution is 2.39. The third-order valence-electron chi connectivity index (χ3n) is 5.94. The summed E-state index contributed by atoms with van der Waals surface area (Å²) in [5.74, 6) is 0.279. The van der Waals surface area contributed by atoms with Gasteiger partial charge in [0, 0.05) is 44.5 Å². The summed E-state index contributed by atoms with van der Waals surface area (Å²) < 4.78 is 5.07. The molecule has 0 aromatic heterocycles. The molecule has 3 aliphatic heterocycles. The summed E-state index contributed by atoms with van der Waals surface area (Å²) in [7, 11) is 0. The Bertz CT molecular complexity index is 685. The van der Waals surface area contributed by atoms with Crippen molar-refractivity contribution in [1.82, 2.24) is 9.80 Å². The first-order valence-corrected chi connectivity index (χ1v) is 9.74. The van der Waals surface area contributed by atoms with Gasteiger partial charge in [0.25, 0.3) is 0 Å². The van der Waals surface area contributed by atoms with Crippen molar-refractivity contribution in [3.63, 3.8) is 0 Å². The molecule has 2 atom stereocenters. The van der Waals surface area contributed by atoms with Crippen molar-refractivity contribution in [2.75, 3.05) is 44.2 Å². The van der Waals surface area contributed by atoms with Crippen molar-refractivity contribution < 1.29 is 14.3 Å². The highest BCUT2D eigenvalue weighted by atomic mass is 16.6. The Kier molecular flexibility index (Phi) is 4.74. The molecule has 0 N–H and O–H groups in total. The maximum absolute atomic E-state index is 13.3. The molecule has 2 amide bonds. The fourth-order valence-electron chi connectivity index (χ4n) is 4.66. The number of hydrogen-bond donors (Lipinski definition) is 0. The summed E-state index contributed by atoms with van der Waals surface area (Å²) >= 11 is 0. The van der Waals surface area contributed by atoms with Crippen LogP contribution in [0.25, 0.3) is 0 Å². The largest absolute Gasteiger partial charge is 0.450 e. The first-order valence-electron chi connectivity index (χ1n) is 9.74. The first-order chi connectivity index (χ1) is 12.7. The number of nitrogens with zero attached hydrogens (tertiary/aromatic N) is 3. The van der Waals surface area contributed by atoms with Crippen LogP contribution in [0.1, 0.15) is 25.3 Å². The lowest BCUT2D eigenvalue weighted by molar-refractivity contribution is -0.138. The van der Waals surface area contributed by atoms with Gasteiger partial charge >= 0.3 is 6.09 Å². The van der Waals surface area contributed by atoms with Crippen molar-refractivity contribution in [3.05, 3.63) is 29.8 Å². The van der Waals surface area contributed by atoms with E-state index in [1.807, 2.05) is 11.8 Å². The molecule has 6 heteroatoms. The van der Waals surface area contributed by atoms with Gasteiger partial charge in [-0.1, -0.05) is 18.2 Å². The Morgan fingerprint density at radius 3 is 2.58 bits per heavy atom. The van der Waals surface area contributed by atoms with Crippen LogP contribution < -0.4 is 4.90 Å². The van der Waals surface area contributed by atoms with Gasteiger partial charge in [-0.3, -0.25) is 4.79 Å². The van der Waals surface area contributed by atoms with E-state index in [4.69, 9.17) is 4.74 Å². The van der Waals surface area contributed by atoms with Crippen molar-refractivity contribution >= 4 is 17.7 Å². The molecular weight excluding hydrogens is 330 g/mol. The molecule has 0 spiro atoms. The number of benzene rings is 1. The quantitative estimate of drug-likeness (QED) is 0.814. The van der Waals surface area contributed by atoms with Crippen LogP contribution in [0.15, 0.2) is 24.3 Å². The van der Waals surface area contributed by atoms with Crippen LogP contribution in [0.5, 0.6) is 0 Å². The number of carbonyl (C=O) groups excluding carboxylic acids is 2. The lowest BCUT2D eigenvalue weighted by atomic mass is 9.84. The third kappa shape index (κ3) is 3.02. The Morgan fingerprint density at radius 1 is 1.08 bits per heavy atom. The highest BCUT2D eigenvalue weighted by molar-refractivity contribution is 5.82. The summed E-state index contributed by atoms with van der Waals surface area (Å²) in [5.41, 5.74) is 2.60. The zero-order valence-corrected chi connectivity index (χ0v) is 15.4. The van der Waals surface area contributed by atoms with E-state index in [1.54, 1.807) is 4.90 Å². The Morgan fingerprint density at radius 2 is 1.81 bits per heavy atom. The lowest BCUT2D eigenvalue weighted by Crippen LogP contribution is -2.55. The number of piperazine rings is 1. The van der Waals surface area contributed by atoms with Gasteiger partial charge in [-0.2, -0.15) is 0 Å². The zero-order valence-electron chi connectivity index (χ0n) is 15.4. The number of rotatable bonds is 2. The van der Waals surface area contributed by atoms with Crippen LogP contribution in [0, 0.1) is 5.92 Å². The number of carbonyl (C=O) groups is 2. The first kappa shape index (κ1) is 17.2. The molecule has 2 unspecified atom stereocenters. The standard InChI is InChI=1S/C20H27N3O3/c1-2-26-20(25)22-12-10-21(11-13-22)19(24)16-14-15-6-3-4-7-17(15)23-9-5-8-18(16)23/h3-4,6-7,16,18H,2,5,8-14H2,1H3. The summed E-state index contributed by atoms with van der Waals surface area (Å²) in [6, 6.07) is 8.82. The fraction of sp³-hybridized carbons (Fsp3) is 0.600. The number of hydrogen-bond acceptors (Lipinski definition) is 4. The van der Waals surface area contributed by atoms with E-state index in [2.05, 4.69) is 29.2 Å². The average molecular weight is 357 g/mol. The average Bonchev–Trinajstić information content (AvgIpc) is 3.17. The van der Waals surface area contributed by atoms with Crippen LogP contribution in [-0.2, 0) is 16.0 Å². The second-order valence-corrected chi connectivity index (χ2v) is 7.35. The summed E-state index contributed by atoms with van der Waals surface area (Å²) in [5, 5.41) is 0. The Balaban J connectivity index is 1.45. The van der Waals surface area contributed by atoms with E-state index in [-0.39, 0.29) is 17.9 Å². The van der Waals surface area contributed by atoms with E-state index in [0.717, 1.165) is 25.8 Å². The SMILES string of the molecule is CCOC(=O)N1CCN(C(=O)C2Cc3ccccc3N3CCCC23)CC1. The Hall–Kier alpha value is -2.24. The minimum Gasteiger partial charge on any atom is -0.450 e. The van der Waals surface area contributed by atoms with Crippen molar-refractivity contribution in [2.45, 2.75) is 32.2 Å². The van der Waals surface area contributed by atoms with Gasteiger partial charge in [-0.15, -0.1) is 0 Å². The van der Waals surface area contributed by atoms with E-state index in [9.17, 15) is 9.59 Å². The van der Waals surface area contributed by atoms with Crippen LogP contribution >= 0.6 is 0 Å². The predicted octanol–water partition coefficient (Wildman–Crippen LogP) is 2.13. The highest BCUT2D eigenvalue weighted by Gasteiger charge is 2.42. The van der Waals surface area contributed by atoms with E-state index >= 15 is 0 Å². The Labute approximate surface area is 154 Å². The summed E-state index contributed by atoms with van der Waals surface area (Å²) in [6.45, 7) is 5.56. The lowest BCUT2D eigenvalue weighted by Gasteiger charge is -2.42. The van der Waals surface area contributed by atoms with Crippen LogP contribution in [0.3, 0.4) is 0 Å². The number of para-hydroxylation sites is 1. The van der Waals surface area contributed by atoms with E-state index in [0.29, 0.717) is 38.8 Å². The molecule has 0 saturated carbocycles. The molecule has 0 radical (unpaired) electrons.